The average molecular weight is 437 g/mol. The van der Waals surface area contributed by atoms with Gasteiger partial charge in [0.25, 0.3) is 5.91 Å². The molecule has 8 heteroatoms. The molecule has 0 bridgehead atoms. The van der Waals surface area contributed by atoms with Crippen LogP contribution in [0.2, 0.25) is 0 Å². The van der Waals surface area contributed by atoms with Crippen molar-refractivity contribution >= 4 is 23.4 Å². The number of anilines is 1. The first kappa shape index (κ1) is 21.3. The van der Waals surface area contributed by atoms with Crippen molar-refractivity contribution in [1.82, 2.24) is 14.9 Å². The van der Waals surface area contributed by atoms with E-state index in [1.165, 1.54) is 17.3 Å². The predicted molar refractivity (Wildman–Crippen MR) is 121 cm³/mol. The van der Waals surface area contributed by atoms with Crippen LogP contribution >= 0.6 is 11.8 Å². The molecular weight excluding hydrogens is 412 g/mol. The van der Waals surface area contributed by atoms with Gasteiger partial charge in [0.15, 0.2) is 0 Å². The number of carbonyl (C=O) groups excluding carboxylic acids is 1. The van der Waals surface area contributed by atoms with Gasteiger partial charge in [-0.2, -0.15) is 0 Å². The first-order valence-corrected chi connectivity index (χ1v) is 11.1. The Morgan fingerprint density at radius 2 is 1.74 bits per heavy atom. The summed E-state index contributed by atoms with van der Waals surface area (Å²) in [4.78, 5) is 24.3. The van der Waals surface area contributed by atoms with Crippen molar-refractivity contribution in [2.45, 2.75) is 4.90 Å². The topological polar surface area (TPSA) is 76.6 Å². The van der Waals surface area contributed by atoms with Crippen molar-refractivity contribution < 1.29 is 14.3 Å². The number of para-hydroxylation sites is 1. The molecule has 7 nitrogen and oxygen atoms in total. The molecule has 2 heterocycles. The maximum absolute atomic E-state index is 12.5. The molecule has 1 amide bonds. The van der Waals surface area contributed by atoms with Crippen molar-refractivity contribution in [2.24, 2.45) is 0 Å². The van der Waals surface area contributed by atoms with Crippen LogP contribution in [-0.4, -0.2) is 59.4 Å². The zero-order valence-electron chi connectivity index (χ0n) is 17.1. The summed E-state index contributed by atoms with van der Waals surface area (Å²) >= 11 is 1.81. The van der Waals surface area contributed by atoms with Crippen molar-refractivity contribution in [3.8, 4) is 11.8 Å². The summed E-state index contributed by atoms with van der Waals surface area (Å²) < 4.78 is 10.9. The van der Waals surface area contributed by atoms with Crippen molar-refractivity contribution in [1.29, 1.82) is 0 Å². The summed E-state index contributed by atoms with van der Waals surface area (Å²) in [7, 11) is 0. The largest absolute Gasteiger partial charge is 0.424 e. The molecular formula is C23H24N4O3S. The van der Waals surface area contributed by atoms with E-state index in [0.717, 1.165) is 44.3 Å². The number of carbonyl (C=O) groups is 1. The fraction of sp³-hybridized carbons (Fsp3) is 0.261. The van der Waals surface area contributed by atoms with E-state index in [1.54, 1.807) is 0 Å². The molecule has 0 aliphatic carbocycles. The highest BCUT2D eigenvalue weighted by molar-refractivity contribution is 7.99. The van der Waals surface area contributed by atoms with E-state index >= 15 is 0 Å². The van der Waals surface area contributed by atoms with E-state index in [9.17, 15) is 4.79 Å². The third kappa shape index (κ3) is 6.52. The van der Waals surface area contributed by atoms with E-state index < -0.39 is 0 Å². The van der Waals surface area contributed by atoms with Crippen molar-refractivity contribution in [2.75, 3.05) is 43.9 Å². The van der Waals surface area contributed by atoms with Crippen LogP contribution in [0.25, 0.3) is 0 Å². The quantitative estimate of drug-likeness (QED) is 0.536. The van der Waals surface area contributed by atoms with Crippen LogP contribution in [0.4, 0.5) is 5.69 Å². The van der Waals surface area contributed by atoms with Gasteiger partial charge in [-0.15, -0.1) is 11.8 Å². The number of hydrogen-bond donors (Lipinski definition) is 1. The van der Waals surface area contributed by atoms with E-state index in [1.807, 2.05) is 66.4 Å². The number of nitrogens with zero attached hydrogens (tertiary/aromatic N) is 3. The molecule has 0 atom stereocenters. The van der Waals surface area contributed by atoms with Gasteiger partial charge < -0.3 is 14.8 Å². The lowest BCUT2D eigenvalue weighted by molar-refractivity contribution is 0.0410. The Bertz CT molecular complexity index is 962. The number of hydrogen-bond acceptors (Lipinski definition) is 7. The van der Waals surface area contributed by atoms with Crippen molar-refractivity contribution in [3.05, 3.63) is 72.6 Å². The van der Waals surface area contributed by atoms with Crippen LogP contribution < -0.4 is 10.1 Å². The van der Waals surface area contributed by atoms with Gasteiger partial charge in [-0.05, 0) is 36.4 Å². The lowest BCUT2D eigenvalue weighted by atomic mass is 10.3. The molecule has 0 unspecified atom stereocenters. The summed E-state index contributed by atoms with van der Waals surface area (Å²) in [6, 6.07) is 17.3. The summed E-state index contributed by atoms with van der Waals surface area (Å²) in [5.41, 5.74) is 1.09. The Morgan fingerprint density at radius 3 is 2.45 bits per heavy atom. The summed E-state index contributed by atoms with van der Waals surface area (Å²) in [6.07, 6.45) is 2.91. The molecule has 0 radical (unpaired) electrons. The van der Waals surface area contributed by atoms with Crippen LogP contribution in [0.5, 0.6) is 11.8 Å². The standard InChI is InChI=1S/C23H24N4O3S/c28-22(18-16-24-23(25-17-18)30-20-4-2-1-3-5-20)26-19-6-8-21(9-7-19)31-15-12-27-10-13-29-14-11-27/h1-9,16-17H,10-15H2,(H,26,28). The van der Waals surface area contributed by atoms with Crippen LogP contribution in [0, 0.1) is 0 Å². The van der Waals surface area contributed by atoms with Gasteiger partial charge in [0.2, 0.25) is 0 Å². The first-order valence-electron chi connectivity index (χ1n) is 10.2. The SMILES string of the molecule is O=C(Nc1ccc(SCCN2CCOCC2)cc1)c1cnc(Oc2ccccc2)nc1. The average Bonchev–Trinajstić information content (AvgIpc) is 2.82. The maximum atomic E-state index is 12.5. The van der Waals surface area contributed by atoms with E-state index in [-0.39, 0.29) is 11.9 Å². The number of thioether (sulfide) groups is 1. The number of ether oxygens (including phenoxy) is 2. The van der Waals surface area contributed by atoms with Crippen LogP contribution in [0.1, 0.15) is 10.4 Å². The number of nitrogens with one attached hydrogen (secondary N) is 1. The van der Waals surface area contributed by atoms with Gasteiger partial charge in [0.05, 0.1) is 18.8 Å². The monoisotopic (exact) mass is 436 g/mol. The second-order valence-corrected chi connectivity index (χ2v) is 8.12. The highest BCUT2D eigenvalue weighted by atomic mass is 32.2. The van der Waals surface area contributed by atoms with Gasteiger partial charge in [0.1, 0.15) is 5.75 Å². The summed E-state index contributed by atoms with van der Waals surface area (Å²) in [5, 5.41) is 2.87. The maximum Gasteiger partial charge on any atom is 0.321 e. The molecule has 3 aromatic rings. The molecule has 1 aliphatic heterocycles. The molecule has 31 heavy (non-hydrogen) atoms. The molecule has 0 saturated carbocycles. The normalized spacial score (nSPS) is 14.2. The summed E-state index contributed by atoms with van der Waals surface area (Å²) in [6.45, 7) is 4.72. The minimum absolute atomic E-state index is 0.196. The molecule has 1 aromatic heterocycles. The number of amides is 1. The fourth-order valence-corrected chi connectivity index (χ4v) is 3.95. The smallest absolute Gasteiger partial charge is 0.321 e. The van der Waals surface area contributed by atoms with Gasteiger partial charge in [-0.3, -0.25) is 9.69 Å². The lowest BCUT2D eigenvalue weighted by Gasteiger charge is -2.26. The van der Waals surface area contributed by atoms with Gasteiger partial charge in [-0.1, -0.05) is 18.2 Å². The zero-order chi connectivity index (χ0) is 21.3. The Balaban J connectivity index is 1.25. The third-order valence-electron chi connectivity index (χ3n) is 4.73. The minimum atomic E-state index is -0.265. The van der Waals surface area contributed by atoms with Gasteiger partial charge >= 0.3 is 6.01 Å². The van der Waals surface area contributed by atoms with Crippen LogP contribution in [-0.2, 0) is 4.74 Å². The number of rotatable bonds is 8. The highest BCUT2D eigenvalue weighted by Gasteiger charge is 2.11. The molecule has 2 aromatic carbocycles. The Labute approximate surface area is 185 Å². The number of morpholine rings is 1. The molecule has 1 aliphatic rings. The second-order valence-electron chi connectivity index (χ2n) is 6.95. The van der Waals surface area contributed by atoms with Crippen molar-refractivity contribution in [3.63, 3.8) is 0 Å². The Morgan fingerprint density at radius 1 is 1.03 bits per heavy atom. The minimum Gasteiger partial charge on any atom is -0.424 e. The highest BCUT2D eigenvalue weighted by Crippen LogP contribution is 2.21. The third-order valence-corrected chi connectivity index (χ3v) is 5.73. The predicted octanol–water partition coefficient (Wildman–Crippen LogP) is 3.95. The van der Waals surface area contributed by atoms with E-state index in [0.29, 0.717) is 11.3 Å². The van der Waals surface area contributed by atoms with Crippen LogP contribution in [0.3, 0.4) is 0 Å². The molecule has 1 N–H and O–H groups in total. The summed E-state index contributed by atoms with van der Waals surface area (Å²) in [5.74, 6) is 1.40. The second kappa shape index (κ2) is 10.9. The fourth-order valence-electron chi connectivity index (χ4n) is 3.04. The Hall–Kier alpha value is -2.94. The molecule has 0 spiro atoms. The number of benzene rings is 2. The van der Waals surface area contributed by atoms with Gasteiger partial charge in [0, 0.05) is 48.4 Å². The molecule has 4 rings (SSSR count). The lowest BCUT2D eigenvalue weighted by Crippen LogP contribution is -2.37. The first-order chi connectivity index (χ1) is 15.3. The van der Waals surface area contributed by atoms with Gasteiger partial charge in [-0.25, -0.2) is 9.97 Å². The molecule has 1 saturated heterocycles. The molecule has 160 valence electrons. The van der Waals surface area contributed by atoms with E-state index in [2.05, 4.69) is 20.2 Å². The zero-order valence-corrected chi connectivity index (χ0v) is 17.9. The van der Waals surface area contributed by atoms with Crippen LogP contribution in [0.15, 0.2) is 71.9 Å². The Kier molecular flexibility index (Phi) is 7.49. The number of aromatic nitrogens is 2. The van der Waals surface area contributed by atoms with E-state index in [4.69, 9.17) is 9.47 Å². The molecule has 1 fully saturated rings.